The molecule has 1 aliphatic heterocycles. The van der Waals surface area contributed by atoms with Crippen LogP contribution in [0.3, 0.4) is 0 Å². The fourth-order valence-corrected chi connectivity index (χ4v) is 3.12. The predicted octanol–water partition coefficient (Wildman–Crippen LogP) is 2.14. The molecule has 1 aliphatic rings. The summed E-state index contributed by atoms with van der Waals surface area (Å²) in [5.74, 6) is 1.70. The molecule has 0 bridgehead atoms. The van der Waals surface area contributed by atoms with E-state index in [2.05, 4.69) is 15.5 Å². The summed E-state index contributed by atoms with van der Waals surface area (Å²) in [4.78, 5) is 11.9. The molecule has 0 saturated carbocycles. The highest BCUT2D eigenvalue weighted by atomic mass is 32.2. The van der Waals surface area contributed by atoms with Crippen molar-refractivity contribution in [1.82, 2.24) is 15.5 Å². The van der Waals surface area contributed by atoms with Crippen molar-refractivity contribution in [2.45, 2.75) is 24.2 Å². The van der Waals surface area contributed by atoms with Gasteiger partial charge in [-0.25, -0.2) is 0 Å². The van der Waals surface area contributed by atoms with Crippen molar-refractivity contribution in [3.8, 4) is 23.0 Å². The van der Waals surface area contributed by atoms with Crippen LogP contribution < -0.4 is 14.8 Å². The van der Waals surface area contributed by atoms with Crippen molar-refractivity contribution in [3.63, 3.8) is 0 Å². The third-order valence-corrected chi connectivity index (χ3v) is 4.70. The first-order valence-electron chi connectivity index (χ1n) is 8.26. The Kier molecular flexibility index (Phi) is 6.35. The monoisotopic (exact) mass is 379 g/mol. The molecule has 0 radical (unpaired) electrons. The van der Waals surface area contributed by atoms with Gasteiger partial charge in [-0.1, -0.05) is 11.8 Å². The summed E-state index contributed by atoms with van der Waals surface area (Å²) in [7, 11) is 3.14. The van der Waals surface area contributed by atoms with E-state index in [0.29, 0.717) is 34.7 Å². The van der Waals surface area contributed by atoms with Gasteiger partial charge in [0.1, 0.15) is 11.5 Å². The van der Waals surface area contributed by atoms with E-state index in [9.17, 15) is 4.79 Å². The summed E-state index contributed by atoms with van der Waals surface area (Å²) in [6, 6.07) is 5.31. The van der Waals surface area contributed by atoms with E-state index in [0.717, 1.165) is 19.4 Å². The van der Waals surface area contributed by atoms with Crippen molar-refractivity contribution in [2.75, 3.05) is 33.1 Å². The second-order valence-electron chi connectivity index (χ2n) is 5.70. The van der Waals surface area contributed by atoms with E-state index in [4.69, 9.17) is 18.6 Å². The zero-order valence-electron chi connectivity index (χ0n) is 14.7. The van der Waals surface area contributed by atoms with Crippen LogP contribution >= 0.6 is 11.8 Å². The zero-order valence-corrected chi connectivity index (χ0v) is 15.5. The normalized spacial score (nSPS) is 16.5. The Bertz CT molecular complexity index is 723. The van der Waals surface area contributed by atoms with Gasteiger partial charge >= 0.3 is 0 Å². The average Bonchev–Trinajstić information content (AvgIpc) is 3.36. The van der Waals surface area contributed by atoms with Crippen LogP contribution in [0.2, 0.25) is 0 Å². The van der Waals surface area contributed by atoms with E-state index >= 15 is 0 Å². The highest BCUT2D eigenvalue weighted by Gasteiger charge is 2.17. The standard InChI is InChI=1S/C17H21N3O5S/c1-22-13-6-11(7-14(8-13)23-2)16-19-20-17(25-16)26-10-15(21)18-9-12-4-3-5-24-12/h6-8,12H,3-5,9-10H2,1-2H3,(H,18,21). The van der Waals surface area contributed by atoms with Crippen molar-refractivity contribution in [2.24, 2.45) is 0 Å². The number of hydrogen-bond donors (Lipinski definition) is 1. The van der Waals surface area contributed by atoms with E-state index in [1.165, 1.54) is 11.8 Å². The molecule has 26 heavy (non-hydrogen) atoms. The molecule has 2 heterocycles. The number of ether oxygens (including phenoxy) is 3. The number of benzene rings is 1. The molecule has 1 amide bonds. The predicted molar refractivity (Wildman–Crippen MR) is 95.5 cm³/mol. The maximum Gasteiger partial charge on any atom is 0.277 e. The maximum atomic E-state index is 11.9. The zero-order chi connectivity index (χ0) is 18.4. The Hall–Kier alpha value is -2.26. The van der Waals surface area contributed by atoms with E-state index in [1.54, 1.807) is 32.4 Å². The summed E-state index contributed by atoms with van der Waals surface area (Å²) in [5.41, 5.74) is 0.684. The lowest BCUT2D eigenvalue weighted by molar-refractivity contribution is -0.119. The van der Waals surface area contributed by atoms with Gasteiger partial charge in [0, 0.05) is 24.8 Å². The fourth-order valence-electron chi connectivity index (χ4n) is 2.53. The summed E-state index contributed by atoms with van der Waals surface area (Å²) in [6.07, 6.45) is 2.17. The number of methoxy groups -OCH3 is 2. The van der Waals surface area contributed by atoms with Gasteiger partial charge < -0.3 is 23.9 Å². The van der Waals surface area contributed by atoms with Crippen LogP contribution in [0, 0.1) is 0 Å². The van der Waals surface area contributed by atoms with Crippen LogP contribution in [-0.2, 0) is 9.53 Å². The molecule has 1 aromatic carbocycles. The van der Waals surface area contributed by atoms with Gasteiger partial charge in [0.25, 0.3) is 5.22 Å². The fraction of sp³-hybridized carbons (Fsp3) is 0.471. The molecule has 1 atom stereocenters. The van der Waals surface area contributed by atoms with Gasteiger partial charge in [-0.05, 0) is 25.0 Å². The summed E-state index contributed by atoms with van der Waals surface area (Å²) >= 11 is 1.19. The van der Waals surface area contributed by atoms with E-state index < -0.39 is 0 Å². The van der Waals surface area contributed by atoms with Crippen molar-refractivity contribution >= 4 is 17.7 Å². The second-order valence-corrected chi connectivity index (χ2v) is 6.63. The third kappa shape index (κ3) is 4.89. The Morgan fingerprint density at radius 1 is 1.27 bits per heavy atom. The van der Waals surface area contributed by atoms with Gasteiger partial charge in [0.15, 0.2) is 0 Å². The first kappa shape index (κ1) is 18.5. The molecule has 0 spiro atoms. The molecule has 2 aromatic rings. The molecule has 3 rings (SSSR count). The molecular formula is C17H21N3O5S. The quantitative estimate of drug-likeness (QED) is 0.697. The Morgan fingerprint density at radius 2 is 2.04 bits per heavy atom. The SMILES string of the molecule is COc1cc(OC)cc(-c2nnc(SCC(=O)NCC3CCCO3)o2)c1. The highest BCUT2D eigenvalue weighted by molar-refractivity contribution is 7.99. The summed E-state index contributed by atoms with van der Waals surface area (Å²) < 4.78 is 21.6. The highest BCUT2D eigenvalue weighted by Crippen LogP contribution is 2.30. The molecule has 1 unspecified atom stereocenters. The minimum atomic E-state index is -0.0895. The number of hydrogen-bond acceptors (Lipinski definition) is 8. The van der Waals surface area contributed by atoms with Crippen LogP contribution in [0.25, 0.3) is 11.5 Å². The smallest absolute Gasteiger partial charge is 0.277 e. The lowest BCUT2D eigenvalue weighted by Gasteiger charge is -2.09. The van der Waals surface area contributed by atoms with Gasteiger partial charge in [0.05, 0.1) is 26.1 Å². The molecule has 1 saturated heterocycles. The third-order valence-electron chi connectivity index (χ3n) is 3.88. The largest absolute Gasteiger partial charge is 0.497 e. The van der Waals surface area contributed by atoms with Gasteiger partial charge in [-0.3, -0.25) is 4.79 Å². The van der Waals surface area contributed by atoms with E-state index in [1.807, 2.05) is 0 Å². The number of carbonyl (C=O) groups is 1. The molecular weight excluding hydrogens is 358 g/mol. The lowest BCUT2D eigenvalue weighted by atomic mass is 10.2. The van der Waals surface area contributed by atoms with Crippen LogP contribution in [0.1, 0.15) is 12.8 Å². The number of nitrogens with zero attached hydrogens (tertiary/aromatic N) is 2. The Morgan fingerprint density at radius 3 is 2.69 bits per heavy atom. The maximum absolute atomic E-state index is 11.9. The number of nitrogens with one attached hydrogen (secondary N) is 1. The molecule has 1 aromatic heterocycles. The number of aromatic nitrogens is 2. The van der Waals surface area contributed by atoms with Crippen LogP contribution in [0.5, 0.6) is 11.5 Å². The van der Waals surface area contributed by atoms with Crippen molar-refractivity contribution < 1.29 is 23.4 Å². The number of carbonyl (C=O) groups excluding carboxylic acids is 1. The van der Waals surface area contributed by atoms with Gasteiger partial charge in [0.2, 0.25) is 11.8 Å². The molecule has 8 nitrogen and oxygen atoms in total. The molecule has 0 aliphatic carbocycles. The first-order chi connectivity index (χ1) is 12.7. The summed E-state index contributed by atoms with van der Waals surface area (Å²) in [6.45, 7) is 1.31. The Labute approximate surface area is 155 Å². The molecule has 1 fully saturated rings. The van der Waals surface area contributed by atoms with Crippen LogP contribution in [-0.4, -0.2) is 55.3 Å². The van der Waals surface area contributed by atoms with Gasteiger partial charge in [-0.15, -0.1) is 10.2 Å². The topological polar surface area (TPSA) is 95.7 Å². The van der Waals surface area contributed by atoms with Gasteiger partial charge in [-0.2, -0.15) is 0 Å². The van der Waals surface area contributed by atoms with Crippen molar-refractivity contribution in [3.05, 3.63) is 18.2 Å². The Balaban J connectivity index is 1.55. The number of thioether (sulfide) groups is 1. The van der Waals surface area contributed by atoms with Crippen LogP contribution in [0.4, 0.5) is 0 Å². The van der Waals surface area contributed by atoms with Crippen LogP contribution in [0.15, 0.2) is 27.8 Å². The molecule has 1 N–H and O–H groups in total. The van der Waals surface area contributed by atoms with Crippen molar-refractivity contribution in [1.29, 1.82) is 0 Å². The minimum absolute atomic E-state index is 0.0895. The lowest BCUT2D eigenvalue weighted by Crippen LogP contribution is -2.32. The molecule has 140 valence electrons. The second kappa shape index (κ2) is 8.91. The minimum Gasteiger partial charge on any atom is -0.497 e. The first-order valence-corrected chi connectivity index (χ1v) is 9.24. The number of rotatable bonds is 8. The van der Waals surface area contributed by atoms with E-state index in [-0.39, 0.29) is 17.8 Å². The molecule has 9 heteroatoms. The summed E-state index contributed by atoms with van der Waals surface area (Å²) in [5, 5.41) is 11.2. The number of amides is 1. The average molecular weight is 379 g/mol.